The second-order valence-electron chi connectivity index (χ2n) is 7.60. The molecule has 0 spiro atoms. The number of benzene rings is 2. The molecule has 2 N–H and O–H groups in total. The number of fused-ring (bicyclic) bond motifs is 5. The maximum Gasteiger partial charge on any atom is 0.238 e. The van der Waals surface area contributed by atoms with E-state index in [2.05, 4.69) is 12.2 Å². The number of nitrogens with two attached hydrogens (primary N) is 1. The summed E-state index contributed by atoms with van der Waals surface area (Å²) in [6, 6.07) is 15.6. The molecular weight excluding hydrogens is 324 g/mol. The van der Waals surface area contributed by atoms with Crippen molar-refractivity contribution in [2.45, 2.75) is 12.8 Å². The minimum absolute atomic E-state index is 0.0249. The Morgan fingerprint density at radius 3 is 1.85 bits per heavy atom. The van der Waals surface area contributed by atoms with Gasteiger partial charge in [0.2, 0.25) is 11.8 Å². The molecule has 1 aliphatic heterocycles. The van der Waals surface area contributed by atoms with Gasteiger partial charge in [0.25, 0.3) is 0 Å². The van der Waals surface area contributed by atoms with Crippen LogP contribution in [0, 0.1) is 23.7 Å². The number of nitrogens with zero attached hydrogens (tertiary/aromatic N) is 1. The van der Waals surface area contributed by atoms with Crippen LogP contribution in [-0.4, -0.2) is 11.8 Å². The van der Waals surface area contributed by atoms with Gasteiger partial charge in [0, 0.05) is 5.69 Å². The summed E-state index contributed by atoms with van der Waals surface area (Å²) in [4.78, 5) is 27.1. The molecule has 2 aliphatic carbocycles. The predicted molar refractivity (Wildman–Crippen MR) is 100 cm³/mol. The summed E-state index contributed by atoms with van der Waals surface area (Å²) in [6.45, 7) is 0. The Kier molecular flexibility index (Phi) is 3.29. The van der Waals surface area contributed by atoms with Crippen LogP contribution in [0.25, 0.3) is 0 Å². The number of amides is 2. The van der Waals surface area contributed by atoms with Gasteiger partial charge in [-0.25, -0.2) is 0 Å². The number of hydrogen-bond donors (Lipinski definition) is 1. The van der Waals surface area contributed by atoms with E-state index < -0.39 is 0 Å². The van der Waals surface area contributed by atoms with E-state index in [1.807, 2.05) is 48.5 Å². The van der Waals surface area contributed by atoms with Gasteiger partial charge in [-0.15, -0.1) is 0 Å². The van der Waals surface area contributed by atoms with Crippen LogP contribution in [0.1, 0.15) is 17.5 Å². The Bertz CT molecular complexity index is 884. The molecule has 2 bridgehead atoms. The monoisotopic (exact) mass is 344 g/mol. The summed E-state index contributed by atoms with van der Waals surface area (Å²) in [5.74, 6) is 0.151. The number of rotatable bonds is 3. The van der Waals surface area contributed by atoms with Gasteiger partial charge in [0.1, 0.15) is 0 Å². The van der Waals surface area contributed by atoms with Crippen molar-refractivity contribution in [2.24, 2.45) is 23.7 Å². The maximum absolute atomic E-state index is 12.9. The van der Waals surface area contributed by atoms with Crippen molar-refractivity contribution in [1.29, 1.82) is 0 Å². The van der Waals surface area contributed by atoms with Gasteiger partial charge < -0.3 is 5.73 Å². The number of allylic oxidation sites excluding steroid dienone is 2. The minimum Gasteiger partial charge on any atom is -0.399 e. The number of anilines is 2. The van der Waals surface area contributed by atoms with Gasteiger partial charge in [-0.05, 0) is 60.1 Å². The van der Waals surface area contributed by atoms with Crippen LogP contribution in [-0.2, 0) is 16.0 Å². The zero-order valence-corrected chi connectivity index (χ0v) is 14.3. The van der Waals surface area contributed by atoms with Crippen molar-refractivity contribution < 1.29 is 9.59 Å². The lowest BCUT2D eigenvalue weighted by molar-refractivity contribution is -0.123. The van der Waals surface area contributed by atoms with Crippen molar-refractivity contribution >= 4 is 23.2 Å². The fourth-order valence-corrected chi connectivity index (χ4v) is 4.79. The van der Waals surface area contributed by atoms with Crippen LogP contribution < -0.4 is 10.6 Å². The Labute approximate surface area is 152 Å². The molecule has 2 aromatic rings. The Balaban J connectivity index is 1.37. The highest BCUT2D eigenvalue weighted by atomic mass is 16.2. The third kappa shape index (κ3) is 2.22. The van der Waals surface area contributed by atoms with Crippen LogP contribution >= 0.6 is 0 Å². The van der Waals surface area contributed by atoms with E-state index in [4.69, 9.17) is 5.73 Å². The molecule has 0 unspecified atom stereocenters. The third-order valence-electron chi connectivity index (χ3n) is 6.05. The Morgan fingerprint density at radius 1 is 0.808 bits per heavy atom. The van der Waals surface area contributed by atoms with Crippen molar-refractivity contribution in [2.75, 3.05) is 10.6 Å². The normalized spacial score (nSPS) is 28.8. The lowest BCUT2D eigenvalue weighted by Crippen LogP contribution is -2.32. The largest absolute Gasteiger partial charge is 0.399 e. The molecule has 0 aromatic heterocycles. The maximum atomic E-state index is 12.9. The van der Waals surface area contributed by atoms with E-state index in [0.29, 0.717) is 5.69 Å². The highest BCUT2D eigenvalue weighted by molar-refractivity contribution is 6.22. The Hall–Kier alpha value is -2.88. The van der Waals surface area contributed by atoms with Crippen LogP contribution in [0.15, 0.2) is 60.7 Å². The topological polar surface area (TPSA) is 63.4 Å². The molecule has 1 saturated carbocycles. The molecule has 1 heterocycles. The zero-order valence-electron chi connectivity index (χ0n) is 14.3. The zero-order chi connectivity index (χ0) is 17.8. The standard InChI is InChI=1S/C22H20N2O2/c23-17-7-1-13(2-8-17)11-14-3-9-18(10-4-14)24-21(25)19-15-5-6-16(12-15)20(19)22(24)26/h1-10,15-16,19-20H,11-12,23H2/t15-,16+,19-,20-/m1/s1. The van der Waals surface area contributed by atoms with E-state index >= 15 is 0 Å². The summed E-state index contributed by atoms with van der Waals surface area (Å²) < 4.78 is 0. The molecule has 130 valence electrons. The van der Waals surface area contributed by atoms with E-state index in [1.54, 1.807) is 0 Å². The SMILES string of the molecule is Nc1ccc(Cc2ccc(N3C(=O)[C@H]4[C@H](C3=O)[C@H]3C=C[C@@H]4C3)cc2)cc1. The molecule has 4 atom stereocenters. The number of imide groups is 1. The number of carbonyl (C=O) groups is 2. The Morgan fingerprint density at radius 2 is 1.31 bits per heavy atom. The molecule has 2 fully saturated rings. The van der Waals surface area contributed by atoms with Gasteiger partial charge in [-0.3, -0.25) is 14.5 Å². The number of hydrogen-bond acceptors (Lipinski definition) is 3. The highest BCUT2D eigenvalue weighted by Gasteiger charge is 2.59. The molecule has 4 nitrogen and oxygen atoms in total. The third-order valence-corrected chi connectivity index (χ3v) is 6.05. The molecule has 3 aliphatic rings. The fraction of sp³-hybridized carbons (Fsp3) is 0.273. The lowest BCUT2D eigenvalue weighted by atomic mass is 9.85. The molecule has 26 heavy (non-hydrogen) atoms. The molecule has 5 rings (SSSR count). The van der Waals surface area contributed by atoms with E-state index in [9.17, 15) is 9.59 Å². The summed E-state index contributed by atoms with van der Waals surface area (Å²) in [5.41, 5.74) is 9.48. The van der Waals surface area contributed by atoms with E-state index in [1.165, 1.54) is 10.5 Å². The van der Waals surface area contributed by atoms with E-state index in [0.717, 1.165) is 24.1 Å². The highest BCUT2D eigenvalue weighted by Crippen LogP contribution is 2.53. The van der Waals surface area contributed by atoms with Gasteiger partial charge in [-0.1, -0.05) is 36.4 Å². The van der Waals surface area contributed by atoms with Gasteiger partial charge in [-0.2, -0.15) is 0 Å². The van der Waals surface area contributed by atoms with Crippen LogP contribution in [0.4, 0.5) is 11.4 Å². The second kappa shape index (κ2) is 5.56. The summed E-state index contributed by atoms with van der Waals surface area (Å²) >= 11 is 0. The molecule has 2 aromatic carbocycles. The van der Waals surface area contributed by atoms with Crippen LogP contribution in [0.3, 0.4) is 0 Å². The first-order valence-corrected chi connectivity index (χ1v) is 9.11. The smallest absolute Gasteiger partial charge is 0.238 e. The average molecular weight is 344 g/mol. The van der Waals surface area contributed by atoms with Gasteiger partial charge in [0.05, 0.1) is 17.5 Å². The van der Waals surface area contributed by atoms with Gasteiger partial charge in [0.15, 0.2) is 0 Å². The molecule has 2 amide bonds. The quantitative estimate of drug-likeness (QED) is 0.528. The lowest BCUT2D eigenvalue weighted by Gasteiger charge is -2.17. The minimum atomic E-state index is -0.146. The van der Waals surface area contributed by atoms with Crippen LogP contribution in [0.2, 0.25) is 0 Å². The molecule has 1 saturated heterocycles. The second-order valence-corrected chi connectivity index (χ2v) is 7.60. The summed E-state index contributed by atoms with van der Waals surface area (Å²) in [7, 11) is 0. The van der Waals surface area contributed by atoms with Crippen molar-refractivity contribution in [3.63, 3.8) is 0 Å². The van der Waals surface area contributed by atoms with Gasteiger partial charge >= 0.3 is 0 Å². The number of carbonyl (C=O) groups excluding carboxylic acids is 2. The van der Waals surface area contributed by atoms with Crippen molar-refractivity contribution in [3.8, 4) is 0 Å². The first kappa shape index (κ1) is 15.4. The average Bonchev–Trinajstić information content (AvgIpc) is 3.32. The first-order chi connectivity index (χ1) is 12.6. The number of nitrogen functional groups attached to an aromatic ring is 1. The van der Waals surface area contributed by atoms with E-state index in [-0.39, 0.29) is 35.5 Å². The van der Waals surface area contributed by atoms with Crippen molar-refractivity contribution in [3.05, 3.63) is 71.8 Å². The predicted octanol–water partition coefficient (Wildman–Crippen LogP) is 3.17. The molecular formula is C22H20N2O2. The first-order valence-electron chi connectivity index (χ1n) is 9.11. The van der Waals surface area contributed by atoms with Crippen LogP contribution in [0.5, 0.6) is 0 Å². The fourth-order valence-electron chi connectivity index (χ4n) is 4.79. The summed E-state index contributed by atoms with van der Waals surface area (Å²) in [5, 5.41) is 0. The molecule has 4 heteroatoms. The van der Waals surface area contributed by atoms with Crippen molar-refractivity contribution in [1.82, 2.24) is 0 Å². The summed E-state index contributed by atoms with van der Waals surface area (Å²) in [6.07, 6.45) is 6.00. The molecule has 0 radical (unpaired) electrons.